The second-order valence-corrected chi connectivity index (χ2v) is 5.35. The summed E-state index contributed by atoms with van der Waals surface area (Å²) < 4.78 is 10.4. The van der Waals surface area contributed by atoms with Crippen LogP contribution in [0.1, 0.15) is 26.3 Å². The number of hydrogen-bond donors (Lipinski definition) is 2. The van der Waals surface area contributed by atoms with E-state index in [1.807, 2.05) is 20.8 Å². The van der Waals surface area contributed by atoms with E-state index in [1.54, 1.807) is 25.3 Å². The molecule has 0 spiro atoms. The molecule has 3 N–H and O–H groups in total. The molecule has 0 saturated heterocycles. The monoisotopic (exact) mass is 278 g/mol. The van der Waals surface area contributed by atoms with E-state index in [-0.39, 0.29) is 0 Å². The fraction of sp³-hybridized carbons (Fsp3) is 0.400. The molecule has 0 heterocycles. The average Bonchev–Trinajstić information content (AvgIpc) is 2.35. The predicted octanol–water partition coefficient (Wildman–Crippen LogP) is 3.01. The molecule has 0 fully saturated rings. The maximum atomic E-state index is 11.7. The Morgan fingerprint density at radius 2 is 2.05 bits per heavy atom. The molecule has 1 rings (SSSR count). The second-order valence-electron chi connectivity index (χ2n) is 5.35. The third-order valence-corrected chi connectivity index (χ3v) is 2.47. The zero-order valence-electron chi connectivity index (χ0n) is 12.4. The first-order valence-corrected chi connectivity index (χ1v) is 6.33. The van der Waals surface area contributed by atoms with Gasteiger partial charge in [0, 0.05) is 17.8 Å². The fourth-order valence-electron chi connectivity index (χ4n) is 1.59. The van der Waals surface area contributed by atoms with E-state index in [9.17, 15) is 4.79 Å². The summed E-state index contributed by atoms with van der Waals surface area (Å²) in [5, 5.41) is 2.67. The van der Waals surface area contributed by atoms with Crippen molar-refractivity contribution >= 4 is 17.4 Å². The summed E-state index contributed by atoms with van der Waals surface area (Å²) in [6.07, 6.45) is -0.507. The van der Waals surface area contributed by atoms with Crippen LogP contribution in [0.2, 0.25) is 0 Å². The van der Waals surface area contributed by atoms with Crippen molar-refractivity contribution in [1.29, 1.82) is 0 Å². The molecule has 0 radical (unpaired) electrons. The molecular formula is C15H22N2O3. The summed E-state index contributed by atoms with van der Waals surface area (Å²) in [7, 11) is 1.57. The number of methoxy groups -OCH3 is 1. The Bertz CT molecular complexity index is 504. The van der Waals surface area contributed by atoms with E-state index in [0.717, 1.165) is 11.1 Å². The van der Waals surface area contributed by atoms with Gasteiger partial charge in [-0.15, -0.1) is 0 Å². The summed E-state index contributed by atoms with van der Waals surface area (Å²) in [6, 6.07) is 5.25. The van der Waals surface area contributed by atoms with Crippen LogP contribution in [0.3, 0.4) is 0 Å². The van der Waals surface area contributed by atoms with Gasteiger partial charge < -0.3 is 15.2 Å². The van der Waals surface area contributed by atoms with Gasteiger partial charge in [-0.2, -0.15) is 0 Å². The average molecular weight is 278 g/mol. The highest BCUT2D eigenvalue weighted by Crippen LogP contribution is 2.28. The maximum Gasteiger partial charge on any atom is 0.412 e. The molecule has 0 aliphatic heterocycles. The molecular weight excluding hydrogens is 256 g/mol. The molecule has 20 heavy (non-hydrogen) atoms. The van der Waals surface area contributed by atoms with Crippen molar-refractivity contribution in [1.82, 2.24) is 0 Å². The lowest BCUT2D eigenvalue weighted by Crippen LogP contribution is -2.27. The SMILES string of the molecule is C=C(CN)c1cc(NC(=O)OC(C)(C)C)ccc1OC. The number of ether oxygens (including phenoxy) is 2. The number of carbonyl (C=O) groups excluding carboxylic acids is 1. The van der Waals surface area contributed by atoms with Crippen LogP contribution in [0.25, 0.3) is 5.57 Å². The van der Waals surface area contributed by atoms with Crippen LogP contribution in [-0.2, 0) is 4.74 Å². The molecule has 0 aliphatic carbocycles. The Kier molecular flexibility index (Phi) is 5.16. The fourth-order valence-corrected chi connectivity index (χ4v) is 1.59. The van der Waals surface area contributed by atoms with Crippen LogP contribution < -0.4 is 15.8 Å². The Morgan fingerprint density at radius 3 is 2.55 bits per heavy atom. The van der Waals surface area contributed by atoms with Gasteiger partial charge in [-0.05, 0) is 44.5 Å². The van der Waals surface area contributed by atoms with E-state index in [4.69, 9.17) is 15.2 Å². The molecule has 110 valence electrons. The molecule has 5 heteroatoms. The largest absolute Gasteiger partial charge is 0.496 e. The Morgan fingerprint density at radius 1 is 1.40 bits per heavy atom. The third-order valence-electron chi connectivity index (χ3n) is 2.47. The first-order valence-electron chi connectivity index (χ1n) is 6.33. The minimum Gasteiger partial charge on any atom is -0.496 e. The van der Waals surface area contributed by atoms with Gasteiger partial charge in [0.05, 0.1) is 7.11 Å². The van der Waals surface area contributed by atoms with Gasteiger partial charge in [-0.25, -0.2) is 4.79 Å². The van der Waals surface area contributed by atoms with Crippen molar-refractivity contribution in [3.63, 3.8) is 0 Å². The van der Waals surface area contributed by atoms with E-state index >= 15 is 0 Å². The van der Waals surface area contributed by atoms with Gasteiger partial charge in [0.15, 0.2) is 0 Å². The predicted molar refractivity (Wildman–Crippen MR) is 80.9 cm³/mol. The van der Waals surface area contributed by atoms with Gasteiger partial charge in [-0.3, -0.25) is 5.32 Å². The third kappa shape index (κ3) is 4.59. The number of carbonyl (C=O) groups is 1. The van der Waals surface area contributed by atoms with Crippen LogP contribution in [0.5, 0.6) is 5.75 Å². The number of nitrogens with two attached hydrogens (primary N) is 1. The molecule has 5 nitrogen and oxygen atoms in total. The standard InChI is InChI=1S/C15H22N2O3/c1-10(9-16)12-8-11(6-7-13(12)19-5)17-14(18)20-15(2,3)4/h6-8H,1,9,16H2,2-5H3,(H,17,18). The smallest absolute Gasteiger partial charge is 0.412 e. The van der Waals surface area contributed by atoms with Gasteiger partial charge in [0.2, 0.25) is 0 Å². The van der Waals surface area contributed by atoms with Gasteiger partial charge in [-0.1, -0.05) is 6.58 Å². The lowest BCUT2D eigenvalue weighted by molar-refractivity contribution is 0.0636. The van der Waals surface area contributed by atoms with Crippen molar-refractivity contribution in [2.24, 2.45) is 5.73 Å². The van der Waals surface area contributed by atoms with Crippen LogP contribution in [0.4, 0.5) is 10.5 Å². The minimum atomic E-state index is -0.541. The van der Waals surface area contributed by atoms with Crippen molar-refractivity contribution in [3.05, 3.63) is 30.3 Å². The zero-order valence-corrected chi connectivity index (χ0v) is 12.4. The second kappa shape index (κ2) is 6.43. The van der Waals surface area contributed by atoms with Gasteiger partial charge >= 0.3 is 6.09 Å². The Balaban J connectivity index is 2.92. The number of amides is 1. The van der Waals surface area contributed by atoms with E-state index < -0.39 is 11.7 Å². The molecule has 1 amide bonds. The molecule has 0 saturated carbocycles. The highest BCUT2D eigenvalue weighted by molar-refractivity contribution is 5.86. The van der Waals surface area contributed by atoms with E-state index in [0.29, 0.717) is 18.0 Å². The molecule has 0 unspecified atom stereocenters. The summed E-state index contributed by atoms with van der Waals surface area (Å²) in [5.41, 5.74) is 7.15. The quantitative estimate of drug-likeness (QED) is 0.888. The van der Waals surface area contributed by atoms with Crippen molar-refractivity contribution in [3.8, 4) is 5.75 Å². The number of hydrogen-bond acceptors (Lipinski definition) is 4. The molecule has 0 aliphatic rings. The van der Waals surface area contributed by atoms with Gasteiger partial charge in [0.1, 0.15) is 11.4 Å². The maximum absolute atomic E-state index is 11.7. The zero-order chi connectivity index (χ0) is 15.3. The highest BCUT2D eigenvalue weighted by Gasteiger charge is 2.16. The Labute approximate surface area is 119 Å². The molecule has 1 aromatic carbocycles. The summed E-state index contributed by atoms with van der Waals surface area (Å²) in [6.45, 7) is 9.62. The normalized spacial score (nSPS) is 10.8. The minimum absolute atomic E-state index is 0.312. The highest BCUT2D eigenvalue weighted by atomic mass is 16.6. The molecule has 0 atom stereocenters. The van der Waals surface area contributed by atoms with Crippen molar-refractivity contribution in [2.45, 2.75) is 26.4 Å². The first kappa shape index (κ1) is 16.0. The van der Waals surface area contributed by atoms with Gasteiger partial charge in [0.25, 0.3) is 0 Å². The Hall–Kier alpha value is -2.01. The summed E-state index contributed by atoms with van der Waals surface area (Å²) >= 11 is 0. The number of rotatable bonds is 4. The topological polar surface area (TPSA) is 73.6 Å². The van der Waals surface area contributed by atoms with Crippen LogP contribution >= 0.6 is 0 Å². The molecule has 0 aromatic heterocycles. The van der Waals surface area contributed by atoms with Crippen molar-refractivity contribution in [2.75, 3.05) is 19.0 Å². The molecule has 1 aromatic rings. The lowest BCUT2D eigenvalue weighted by atomic mass is 10.1. The van der Waals surface area contributed by atoms with E-state index in [2.05, 4.69) is 11.9 Å². The first-order chi connectivity index (χ1) is 9.26. The lowest BCUT2D eigenvalue weighted by Gasteiger charge is -2.20. The summed E-state index contributed by atoms with van der Waals surface area (Å²) in [5.74, 6) is 0.662. The number of benzene rings is 1. The summed E-state index contributed by atoms with van der Waals surface area (Å²) in [4.78, 5) is 11.7. The number of anilines is 1. The van der Waals surface area contributed by atoms with Crippen LogP contribution in [-0.4, -0.2) is 25.3 Å². The molecule has 0 bridgehead atoms. The van der Waals surface area contributed by atoms with Crippen LogP contribution in [0, 0.1) is 0 Å². The van der Waals surface area contributed by atoms with Crippen LogP contribution in [0.15, 0.2) is 24.8 Å². The van der Waals surface area contributed by atoms with E-state index in [1.165, 1.54) is 0 Å². The van der Waals surface area contributed by atoms with Crippen molar-refractivity contribution < 1.29 is 14.3 Å². The number of nitrogens with one attached hydrogen (secondary N) is 1.